The first-order valence-electron chi connectivity index (χ1n) is 10.2. The van der Waals surface area contributed by atoms with Gasteiger partial charge < -0.3 is 4.57 Å². The van der Waals surface area contributed by atoms with E-state index in [1.54, 1.807) is 0 Å². The van der Waals surface area contributed by atoms with E-state index in [1.807, 2.05) is 6.20 Å². The molecule has 0 saturated heterocycles. The van der Waals surface area contributed by atoms with Crippen LogP contribution in [0.4, 0.5) is 0 Å². The maximum Gasteiger partial charge on any atom is 0.111 e. The van der Waals surface area contributed by atoms with E-state index in [9.17, 15) is 0 Å². The van der Waals surface area contributed by atoms with E-state index >= 15 is 0 Å². The Hall–Kier alpha value is -0.790. The maximum atomic E-state index is 4.66. The molecule has 0 amide bonds. The van der Waals surface area contributed by atoms with Crippen molar-refractivity contribution in [3.8, 4) is 0 Å². The molecule has 2 heteroatoms. The second-order valence-electron chi connectivity index (χ2n) is 7.35. The van der Waals surface area contributed by atoms with E-state index in [4.69, 9.17) is 0 Å². The molecule has 2 atom stereocenters. The Morgan fingerprint density at radius 3 is 2.09 bits per heavy atom. The lowest BCUT2D eigenvalue weighted by molar-refractivity contribution is 0.445. The summed E-state index contributed by atoms with van der Waals surface area (Å²) < 4.78 is 2.42. The lowest BCUT2D eigenvalue weighted by atomic mass is 10.00. The van der Waals surface area contributed by atoms with Crippen LogP contribution in [0.25, 0.3) is 0 Å². The fourth-order valence-electron chi connectivity index (χ4n) is 3.43. The van der Waals surface area contributed by atoms with Crippen LogP contribution in [0.5, 0.6) is 0 Å². The second kappa shape index (κ2) is 12.6. The average Bonchev–Trinajstić information content (AvgIpc) is 3.04. The molecule has 0 fully saturated rings. The van der Waals surface area contributed by atoms with Crippen LogP contribution in [-0.4, -0.2) is 9.55 Å². The first-order valence-corrected chi connectivity index (χ1v) is 10.2. The molecule has 1 aromatic rings. The SMILES string of the molecule is CCCCCCCCCCC(C)c1nccn1C(C)CCCC. The van der Waals surface area contributed by atoms with E-state index in [-0.39, 0.29) is 0 Å². The third kappa shape index (κ3) is 8.04. The predicted octanol–water partition coefficient (Wildman–Crippen LogP) is 7.27. The van der Waals surface area contributed by atoms with Gasteiger partial charge in [0.05, 0.1) is 0 Å². The van der Waals surface area contributed by atoms with Gasteiger partial charge in [-0.25, -0.2) is 4.98 Å². The summed E-state index contributed by atoms with van der Waals surface area (Å²) in [6, 6.07) is 0.591. The molecule has 0 saturated carbocycles. The van der Waals surface area contributed by atoms with Gasteiger partial charge in [0.15, 0.2) is 0 Å². The topological polar surface area (TPSA) is 17.8 Å². The van der Waals surface area contributed by atoms with Gasteiger partial charge in [-0.05, 0) is 19.8 Å². The standard InChI is InChI=1S/C21H40N2/c1-5-7-9-10-11-12-13-14-15-19(3)21-22-17-18-23(21)20(4)16-8-6-2/h17-20H,5-16H2,1-4H3. The minimum Gasteiger partial charge on any atom is -0.332 e. The summed E-state index contributed by atoms with van der Waals surface area (Å²) in [5, 5.41) is 0. The molecule has 0 aromatic carbocycles. The number of hydrogen-bond acceptors (Lipinski definition) is 1. The largest absolute Gasteiger partial charge is 0.332 e. The molecular weight excluding hydrogens is 280 g/mol. The van der Waals surface area contributed by atoms with Crippen LogP contribution in [0.2, 0.25) is 0 Å². The molecule has 23 heavy (non-hydrogen) atoms. The van der Waals surface area contributed by atoms with Crippen molar-refractivity contribution in [3.63, 3.8) is 0 Å². The Morgan fingerprint density at radius 1 is 0.826 bits per heavy atom. The van der Waals surface area contributed by atoms with Gasteiger partial charge in [0.1, 0.15) is 5.82 Å². The molecule has 1 rings (SSSR count). The number of nitrogens with zero attached hydrogens (tertiary/aromatic N) is 2. The number of rotatable bonds is 14. The van der Waals surface area contributed by atoms with Crippen LogP contribution in [0.1, 0.15) is 123 Å². The molecule has 0 aliphatic heterocycles. The average molecular weight is 321 g/mol. The van der Waals surface area contributed by atoms with Gasteiger partial charge in [0.25, 0.3) is 0 Å². The van der Waals surface area contributed by atoms with Crippen molar-refractivity contribution in [2.75, 3.05) is 0 Å². The maximum absolute atomic E-state index is 4.66. The van der Waals surface area contributed by atoms with Gasteiger partial charge in [-0.15, -0.1) is 0 Å². The Labute approximate surface area is 145 Å². The minimum atomic E-state index is 0.591. The second-order valence-corrected chi connectivity index (χ2v) is 7.35. The zero-order valence-corrected chi connectivity index (χ0v) is 16.2. The molecule has 1 aromatic heterocycles. The van der Waals surface area contributed by atoms with Crippen molar-refractivity contribution in [2.24, 2.45) is 0 Å². The highest BCUT2D eigenvalue weighted by Gasteiger charge is 2.15. The van der Waals surface area contributed by atoms with E-state index in [0.29, 0.717) is 12.0 Å². The zero-order valence-electron chi connectivity index (χ0n) is 16.2. The lowest BCUT2D eigenvalue weighted by Crippen LogP contribution is -2.11. The van der Waals surface area contributed by atoms with Crippen LogP contribution in [0, 0.1) is 0 Å². The third-order valence-corrected chi connectivity index (χ3v) is 5.08. The smallest absolute Gasteiger partial charge is 0.111 e. The summed E-state index contributed by atoms with van der Waals surface area (Å²) in [6.45, 7) is 9.25. The molecule has 0 N–H and O–H groups in total. The van der Waals surface area contributed by atoms with Crippen molar-refractivity contribution in [2.45, 2.75) is 117 Å². The lowest BCUT2D eigenvalue weighted by Gasteiger charge is -2.19. The summed E-state index contributed by atoms with van der Waals surface area (Å²) >= 11 is 0. The highest BCUT2D eigenvalue weighted by Crippen LogP contribution is 2.25. The number of imidazole rings is 1. The Kier molecular flexibility index (Phi) is 11.1. The third-order valence-electron chi connectivity index (χ3n) is 5.08. The number of unbranched alkanes of at least 4 members (excludes halogenated alkanes) is 8. The number of hydrogen-bond donors (Lipinski definition) is 0. The molecule has 1 heterocycles. The molecule has 2 unspecified atom stereocenters. The zero-order chi connectivity index (χ0) is 16.9. The molecular formula is C21H40N2. The summed E-state index contributed by atoms with van der Waals surface area (Å²) in [6.07, 6.45) is 20.5. The van der Waals surface area contributed by atoms with Crippen molar-refractivity contribution < 1.29 is 0 Å². The van der Waals surface area contributed by atoms with Crippen LogP contribution in [0.15, 0.2) is 12.4 Å². The van der Waals surface area contributed by atoms with Crippen LogP contribution in [-0.2, 0) is 0 Å². The molecule has 2 nitrogen and oxygen atoms in total. The van der Waals surface area contributed by atoms with Gasteiger partial charge in [0.2, 0.25) is 0 Å². The van der Waals surface area contributed by atoms with Crippen molar-refractivity contribution in [1.82, 2.24) is 9.55 Å². The van der Waals surface area contributed by atoms with Crippen molar-refractivity contribution >= 4 is 0 Å². The summed E-state index contributed by atoms with van der Waals surface area (Å²) in [5.41, 5.74) is 0. The van der Waals surface area contributed by atoms with E-state index in [1.165, 1.54) is 82.9 Å². The molecule has 0 bridgehead atoms. The Balaban J connectivity index is 2.24. The van der Waals surface area contributed by atoms with E-state index in [2.05, 4.69) is 43.4 Å². The van der Waals surface area contributed by atoms with Gasteiger partial charge in [-0.1, -0.05) is 85.0 Å². The van der Waals surface area contributed by atoms with E-state index in [0.717, 1.165) is 0 Å². The quantitative estimate of drug-likeness (QED) is 0.330. The van der Waals surface area contributed by atoms with Crippen molar-refractivity contribution in [3.05, 3.63) is 18.2 Å². The van der Waals surface area contributed by atoms with Crippen LogP contribution < -0.4 is 0 Å². The monoisotopic (exact) mass is 320 g/mol. The Morgan fingerprint density at radius 2 is 1.43 bits per heavy atom. The molecule has 134 valence electrons. The molecule has 0 radical (unpaired) electrons. The van der Waals surface area contributed by atoms with Gasteiger partial charge in [0, 0.05) is 24.4 Å². The number of aromatic nitrogens is 2. The van der Waals surface area contributed by atoms with E-state index < -0.39 is 0 Å². The summed E-state index contributed by atoms with van der Waals surface area (Å²) in [5.74, 6) is 1.89. The normalized spacial score (nSPS) is 14.1. The molecule has 0 spiro atoms. The van der Waals surface area contributed by atoms with Gasteiger partial charge in [-0.2, -0.15) is 0 Å². The highest BCUT2D eigenvalue weighted by molar-refractivity contribution is 5.00. The first kappa shape index (κ1) is 20.3. The Bertz CT molecular complexity index is 383. The fourth-order valence-corrected chi connectivity index (χ4v) is 3.43. The first-order chi connectivity index (χ1) is 11.2. The van der Waals surface area contributed by atoms with Gasteiger partial charge >= 0.3 is 0 Å². The predicted molar refractivity (Wildman–Crippen MR) is 102 cm³/mol. The summed E-state index contributed by atoms with van der Waals surface area (Å²) in [7, 11) is 0. The molecule has 0 aliphatic rings. The summed E-state index contributed by atoms with van der Waals surface area (Å²) in [4.78, 5) is 4.66. The minimum absolute atomic E-state index is 0.591. The highest BCUT2D eigenvalue weighted by atomic mass is 15.1. The van der Waals surface area contributed by atoms with Crippen LogP contribution >= 0.6 is 0 Å². The van der Waals surface area contributed by atoms with Gasteiger partial charge in [-0.3, -0.25) is 0 Å². The fraction of sp³-hybridized carbons (Fsp3) is 0.857. The molecule has 0 aliphatic carbocycles. The van der Waals surface area contributed by atoms with Crippen LogP contribution in [0.3, 0.4) is 0 Å². The van der Waals surface area contributed by atoms with Crippen molar-refractivity contribution in [1.29, 1.82) is 0 Å².